The molecule has 0 unspecified atom stereocenters. The van der Waals surface area contributed by atoms with Crippen molar-refractivity contribution in [2.75, 3.05) is 17.7 Å². The number of amides is 3. The summed E-state index contributed by atoms with van der Waals surface area (Å²) in [5.74, 6) is -0.116. The van der Waals surface area contributed by atoms with E-state index in [-0.39, 0.29) is 30.4 Å². The van der Waals surface area contributed by atoms with E-state index >= 15 is 0 Å². The summed E-state index contributed by atoms with van der Waals surface area (Å²) < 4.78 is 5.25. The quantitative estimate of drug-likeness (QED) is 0.396. The van der Waals surface area contributed by atoms with Crippen molar-refractivity contribution in [2.24, 2.45) is 0 Å². The largest absolute Gasteiger partial charge is 0.496 e. The number of aromatic nitrogens is 2. The van der Waals surface area contributed by atoms with Crippen LogP contribution in [0.4, 0.5) is 16.3 Å². The second kappa shape index (κ2) is 10.9. The first-order chi connectivity index (χ1) is 15.8. The summed E-state index contributed by atoms with van der Waals surface area (Å²) in [7, 11) is 1.51. The average molecular weight is 470 g/mol. The van der Waals surface area contributed by atoms with E-state index in [1.807, 2.05) is 0 Å². The van der Waals surface area contributed by atoms with Crippen molar-refractivity contribution in [3.8, 4) is 5.75 Å². The summed E-state index contributed by atoms with van der Waals surface area (Å²) in [6.07, 6.45) is 0.195. The topological polar surface area (TPSA) is 143 Å². The Bertz CT molecular complexity index is 1190. The number of nitrogens with one attached hydrogen (secondary N) is 3. The first kappa shape index (κ1) is 23.5. The number of carbonyl (C=O) groups excluding carboxylic acids is 2. The van der Waals surface area contributed by atoms with Crippen LogP contribution >= 0.6 is 11.6 Å². The van der Waals surface area contributed by atoms with Gasteiger partial charge in [-0.25, -0.2) is 9.78 Å². The van der Waals surface area contributed by atoms with Crippen LogP contribution in [0.2, 0.25) is 5.02 Å². The third-order valence-corrected chi connectivity index (χ3v) is 4.58. The highest BCUT2D eigenvalue weighted by atomic mass is 35.5. The second-order valence-corrected chi connectivity index (χ2v) is 7.17. The predicted molar refractivity (Wildman–Crippen MR) is 122 cm³/mol. The molecular formula is C22H20ClN5O5. The number of pyridine rings is 2. The molecule has 170 valence electrons. The Labute approximate surface area is 194 Å². The molecule has 0 aliphatic carbocycles. The molecule has 0 spiro atoms. The van der Waals surface area contributed by atoms with Gasteiger partial charge >= 0.3 is 6.09 Å². The number of carbonyl (C=O) groups is 3. The van der Waals surface area contributed by atoms with E-state index in [0.717, 1.165) is 0 Å². The smallest absolute Gasteiger partial charge is 0.410 e. The minimum atomic E-state index is -1.24. The van der Waals surface area contributed by atoms with Crippen molar-refractivity contribution >= 4 is 41.0 Å². The van der Waals surface area contributed by atoms with E-state index in [2.05, 4.69) is 25.9 Å². The number of nitrogens with zero attached hydrogens (tertiary/aromatic N) is 2. The fraction of sp³-hybridized carbons (Fsp3) is 0.136. The van der Waals surface area contributed by atoms with Crippen LogP contribution in [-0.4, -0.2) is 40.1 Å². The summed E-state index contributed by atoms with van der Waals surface area (Å²) in [5, 5.41) is 16.8. The van der Waals surface area contributed by atoms with Crippen molar-refractivity contribution in [3.05, 3.63) is 76.7 Å². The molecule has 0 aliphatic rings. The second-order valence-electron chi connectivity index (χ2n) is 6.74. The molecule has 0 atom stereocenters. The summed E-state index contributed by atoms with van der Waals surface area (Å²) >= 11 is 6.00. The van der Waals surface area contributed by atoms with Gasteiger partial charge in [-0.3, -0.25) is 19.9 Å². The SMILES string of the molecule is COc1ccc(Cl)cc1CC(=O)Nc1ccnc(C(=O)NCc2cccc(NC(=O)O)n2)c1. The van der Waals surface area contributed by atoms with Crippen molar-refractivity contribution in [3.63, 3.8) is 0 Å². The first-order valence-electron chi connectivity index (χ1n) is 9.66. The molecule has 3 aromatic rings. The normalized spacial score (nSPS) is 10.2. The van der Waals surface area contributed by atoms with E-state index in [9.17, 15) is 14.4 Å². The Morgan fingerprint density at radius 2 is 1.91 bits per heavy atom. The first-order valence-corrected chi connectivity index (χ1v) is 10.0. The fourth-order valence-corrected chi connectivity index (χ4v) is 3.11. The third kappa shape index (κ3) is 6.91. The van der Waals surface area contributed by atoms with Gasteiger partial charge in [0.15, 0.2) is 0 Å². The van der Waals surface area contributed by atoms with Crippen molar-refractivity contribution in [2.45, 2.75) is 13.0 Å². The van der Waals surface area contributed by atoms with E-state index in [1.54, 1.807) is 36.4 Å². The van der Waals surface area contributed by atoms with Gasteiger partial charge in [0.2, 0.25) is 5.91 Å². The van der Waals surface area contributed by atoms with E-state index in [4.69, 9.17) is 21.4 Å². The summed E-state index contributed by atoms with van der Waals surface area (Å²) in [6, 6.07) is 12.8. The number of hydrogen-bond donors (Lipinski definition) is 4. The zero-order chi connectivity index (χ0) is 23.8. The molecule has 0 saturated carbocycles. The Morgan fingerprint density at radius 3 is 2.67 bits per heavy atom. The maximum atomic E-state index is 12.5. The van der Waals surface area contributed by atoms with Crippen LogP contribution in [0, 0.1) is 0 Å². The summed E-state index contributed by atoms with van der Waals surface area (Å²) in [6.45, 7) is 0.0563. The van der Waals surface area contributed by atoms with Crippen LogP contribution in [0.15, 0.2) is 54.7 Å². The highest BCUT2D eigenvalue weighted by Crippen LogP contribution is 2.23. The van der Waals surface area contributed by atoms with Crippen LogP contribution in [0.3, 0.4) is 0 Å². The number of benzene rings is 1. The number of rotatable bonds is 8. The molecule has 2 heterocycles. The van der Waals surface area contributed by atoms with Crippen molar-refractivity contribution in [1.29, 1.82) is 0 Å². The molecule has 4 N–H and O–H groups in total. The van der Waals surface area contributed by atoms with Gasteiger partial charge in [-0.2, -0.15) is 0 Å². The van der Waals surface area contributed by atoms with Crippen LogP contribution in [0.1, 0.15) is 21.7 Å². The molecule has 0 bridgehead atoms. The number of carboxylic acid groups (broad SMARTS) is 1. The van der Waals surface area contributed by atoms with Crippen molar-refractivity contribution < 1.29 is 24.2 Å². The van der Waals surface area contributed by atoms with Gasteiger partial charge in [-0.05, 0) is 42.5 Å². The molecule has 3 amide bonds. The lowest BCUT2D eigenvalue weighted by molar-refractivity contribution is -0.115. The fourth-order valence-electron chi connectivity index (χ4n) is 2.91. The number of ether oxygens (including phenoxy) is 1. The molecule has 33 heavy (non-hydrogen) atoms. The average Bonchev–Trinajstić information content (AvgIpc) is 2.77. The number of anilines is 2. The van der Waals surface area contributed by atoms with E-state index < -0.39 is 12.0 Å². The lowest BCUT2D eigenvalue weighted by atomic mass is 10.1. The van der Waals surface area contributed by atoms with Gasteiger partial charge in [0.25, 0.3) is 5.91 Å². The van der Waals surface area contributed by atoms with Crippen LogP contribution < -0.4 is 20.7 Å². The highest BCUT2D eigenvalue weighted by molar-refractivity contribution is 6.30. The zero-order valence-electron chi connectivity index (χ0n) is 17.5. The van der Waals surface area contributed by atoms with Crippen LogP contribution in [0.5, 0.6) is 5.75 Å². The minimum absolute atomic E-state index is 0.0278. The van der Waals surface area contributed by atoms with Gasteiger partial charge in [-0.15, -0.1) is 0 Å². The van der Waals surface area contributed by atoms with Gasteiger partial charge < -0.3 is 20.5 Å². The Kier molecular flexibility index (Phi) is 7.77. The molecule has 1 aromatic carbocycles. The van der Waals surface area contributed by atoms with Crippen molar-refractivity contribution in [1.82, 2.24) is 15.3 Å². The molecule has 0 radical (unpaired) electrons. The molecule has 0 fully saturated rings. The predicted octanol–water partition coefficient (Wildman–Crippen LogP) is 3.34. The maximum absolute atomic E-state index is 12.5. The van der Waals surface area contributed by atoms with Crippen LogP contribution in [-0.2, 0) is 17.8 Å². The van der Waals surface area contributed by atoms with Crippen LogP contribution in [0.25, 0.3) is 0 Å². The molecule has 2 aromatic heterocycles. The molecule has 11 heteroatoms. The lowest BCUT2D eigenvalue weighted by Crippen LogP contribution is -2.25. The molecular weight excluding hydrogens is 450 g/mol. The minimum Gasteiger partial charge on any atom is -0.496 e. The third-order valence-electron chi connectivity index (χ3n) is 4.34. The van der Waals surface area contributed by atoms with E-state index in [0.29, 0.717) is 27.7 Å². The summed E-state index contributed by atoms with van der Waals surface area (Å²) in [4.78, 5) is 43.8. The highest BCUT2D eigenvalue weighted by Gasteiger charge is 2.13. The molecule has 0 saturated heterocycles. The Balaban J connectivity index is 1.61. The van der Waals surface area contributed by atoms with Gasteiger partial charge in [0.05, 0.1) is 25.8 Å². The number of methoxy groups -OCH3 is 1. The zero-order valence-corrected chi connectivity index (χ0v) is 18.2. The number of hydrogen-bond acceptors (Lipinski definition) is 6. The monoisotopic (exact) mass is 469 g/mol. The molecule has 0 aliphatic heterocycles. The summed E-state index contributed by atoms with van der Waals surface area (Å²) in [5.41, 5.74) is 1.57. The van der Waals surface area contributed by atoms with Gasteiger partial charge in [-0.1, -0.05) is 17.7 Å². The maximum Gasteiger partial charge on any atom is 0.410 e. The molecule has 3 rings (SSSR count). The number of halogens is 1. The Hall–Kier alpha value is -4.18. The van der Waals surface area contributed by atoms with Gasteiger partial charge in [0, 0.05) is 22.5 Å². The Morgan fingerprint density at radius 1 is 1.09 bits per heavy atom. The molecule has 10 nitrogen and oxygen atoms in total. The standard InChI is InChI=1S/C22H20ClN5O5/c1-33-18-6-5-14(23)9-13(18)10-20(29)27-15-7-8-24-17(11-15)21(30)25-12-16-3-2-4-19(26-16)28-22(31)32/h2-9,11H,10,12H2,1H3,(H,25,30)(H,26,28)(H,31,32)(H,24,27,29). The van der Waals surface area contributed by atoms with E-state index in [1.165, 1.54) is 25.4 Å². The van der Waals surface area contributed by atoms with Gasteiger partial charge in [0.1, 0.15) is 17.3 Å². The lowest BCUT2D eigenvalue weighted by Gasteiger charge is -2.10.